The van der Waals surface area contributed by atoms with Gasteiger partial charge in [-0.05, 0) is 36.8 Å². The normalized spacial score (nSPS) is 15.4. The van der Waals surface area contributed by atoms with Crippen molar-refractivity contribution in [2.75, 3.05) is 18.6 Å². The molecule has 31 heavy (non-hydrogen) atoms. The summed E-state index contributed by atoms with van der Waals surface area (Å²) in [6, 6.07) is 15.3. The highest BCUT2D eigenvalue weighted by atomic mass is 32.2. The number of nitrogen functional groups attached to an aromatic ring is 1. The Hall–Kier alpha value is -3.24. The number of anilines is 1. The predicted molar refractivity (Wildman–Crippen MR) is 125 cm³/mol. The third kappa shape index (κ3) is 4.92. The van der Waals surface area contributed by atoms with Crippen molar-refractivity contribution in [2.24, 2.45) is 9.98 Å². The predicted octanol–water partition coefficient (Wildman–Crippen LogP) is 3.96. The molecule has 3 aromatic rings. The maximum Gasteiger partial charge on any atom is 0.235 e. The average Bonchev–Trinajstić information content (AvgIpc) is 3.13. The molecule has 0 spiro atoms. The SMILES string of the molecule is COc1ccc([C@@H]2C(C)=Nc3ccccc3N=C2NC(=O)CSc2nnc(N)s2)cc1. The maximum atomic E-state index is 12.8. The average molecular weight is 453 g/mol. The van der Waals surface area contributed by atoms with Gasteiger partial charge in [-0.15, -0.1) is 10.2 Å². The lowest BCUT2D eigenvalue weighted by molar-refractivity contribution is -0.117. The van der Waals surface area contributed by atoms with Crippen molar-refractivity contribution < 1.29 is 9.53 Å². The Bertz CT molecular complexity index is 1160. The molecule has 0 bridgehead atoms. The number of nitrogens with zero attached hydrogens (tertiary/aromatic N) is 4. The van der Waals surface area contributed by atoms with Gasteiger partial charge in [0.15, 0.2) is 4.34 Å². The summed E-state index contributed by atoms with van der Waals surface area (Å²) in [7, 11) is 1.63. The Morgan fingerprint density at radius 3 is 2.48 bits per heavy atom. The molecule has 158 valence electrons. The fourth-order valence-corrected chi connectivity index (χ4v) is 4.62. The van der Waals surface area contributed by atoms with Crippen molar-refractivity contribution in [3.63, 3.8) is 0 Å². The number of aromatic nitrogens is 2. The Morgan fingerprint density at radius 1 is 1.13 bits per heavy atom. The number of rotatable bonds is 5. The molecule has 8 nitrogen and oxygen atoms in total. The number of carbonyl (C=O) groups excluding carboxylic acids is 1. The molecule has 2 heterocycles. The highest BCUT2D eigenvalue weighted by Crippen LogP contribution is 2.34. The van der Waals surface area contributed by atoms with Gasteiger partial charge in [-0.25, -0.2) is 4.99 Å². The Labute approximate surface area is 187 Å². The van der Waals surface area contributed by atoms with Crippen molar-refractivity contribution in [1.29, 1.82) is 0 Å². The number of nitrogens with one attached hydrogen (secondary N) is 1. The van der Waals surface area contributed by atoms with Crippen molar-refractivity contribution in [1.82, 2.24) is 15.5 Å². The van der Waals surface area contributed by atoms with E-state index in [1.807, 2.05) is 55.5 Å². The van der Waals surface area contributed by atoms with Gasteiger partial charge < -0.3 is 15.8 Å². The first-order valence-electron chi connectivity index (χ1n) is 9.42. The lowest BCUT2D eigenvalue weighted by Gasteiger charge is -2.19. The van der Waals surface area contributed by atoms with Crippen LogP contribution in [0.25, 0.3) is 0 Å². The minimum Gasteiger partial charge on any atom is -0.497 e. The zero-order valence-corrected chi connectivity index (χ0v) is 18.5. The Balaban J connectivity index is 1.63. The number of methoxy groups -OCH3 is 1. The number of para-hydroxylation sites is 2. The van der Waals surface area contributed by atoms with Gasteiger partial charge >= 0.3 is 0 Å². The minimum atomic E-state index is -0.301. The van der Waals surface area contributed by atoms with E-state index in [-0.39, 0.29) is 17.6 Å². The molecule has 2 aromatic carbocycles. The van der Waals surface area contributed by atoms with Gasteiger partial charge in [-0.2, -0.15) is 0 Å². The number of hydrogen-bond donors (Lipinski definition) is 2. The van der Waals surface area contributed by atoms with Crippen LogP contribution >= 0.6 is 23.1 Å². The molecule has 1 amide bonds. The van der Waals surface area contributed by atoms with Crippen LogP contribution in [0.5, 0.6) is 5.75 Å². The molecular formula is C21H20N6O2S2. The number of carbonyl (C=O) groups is 1. The number of aliphatic imine (C=N–C) groups is 2. The molecule has 0 radical (unpaired) electrons. The molecule has 1 aromatic heterocycles. The van der Waals surface area contributed by atoms with Crippen LogP contribution in [0.15, 0.2) is 62.9 Å². The second-order valence-electron chi connectivity index (χ2n) is 6.69. The summed E-state index contributed by atoms with van der Waals surface area (Å²) in [6.45, 7) is 1.94. The third-order valence-corrected chi connectivity index (χ3v) is 6.46. The highest BCUT2D eigenvalue weighted by molar-refractivity contribution is 8.01. The van der Waals surface area contributed by atoms with E-state index >= 15 is 0 Å². The van der Waals surface area contributed by atoms with Crippen LogP contribution < -0.4 is 15.8 Å². The Kier molecular flexibility index (Phi) is 6.28. The number of hydrogen-bond acceptors (Lipinski definition) is 9. The van der Waals surface area contributed by atoms with Gasteiger partial charge in [-0.3, -0.25) is 9.79 Å². The molecule has 1 aliphatic heterocycles. The number of benzene rings is 2. The molecule has 0 unspecified atom stereocenters. The Morgan fingerprint density at radius 2 is 1.84 bits per heavy atom. The van der Waals surface area contributed by atoms with Gasteiger partial charge in [0.2, 0.25) is 11.0 Å². The summed E-state index contributed by atoms with van der Waals surface area (Å²) >= 11 is 2.53. The summed E-state index contributed by atoms with van der Waals surface area (Å²) in [5.41, 5.74) is 8.87. The van der Waals surface area contributed by atoms with E-state index in [2.05, 4.69) is 15.5 Å². The summed E-state index contributed by atoms with van der Waals surface area (Å²) in [5, 5.41) is 11.1. The standard InChI is InChI=1S/C21H20N6O2S2/c1-12-18(13-7-9-14(29-2)10-8-13)19(24-16-6-4-3-5-15(16)23-12)25-17(28)11-30-21-27-26-20(22)31-21/h3-10,18H,11H2,1-2H3,(H2,22,26)(H,24,25,28)/t18-/m0/s1. The summed E-state index contributed by atoms with van der Waals surface area (Å²) in [4.78, 5) is 22.3. The molecule has 3 N–H and O–H groups in total. The smallest absolute Gasteiger partial charge is 0.235 e. The minimum absolute atomic E-state index is 0.167. The summed E-state index contributed by atoms with van der Waals surface area (Å²) in [6.07, 6.45) is 0. The second-order valence-corrected chi connectivity index (χ2v) is 8.92. The van der Waals surface area contributed by atoms with Gasteiger partial charge in [0.05, 0.1) is 30.2 Å². The number of amidine groups is 1. The van der Waals surface area contributed by atoms with Crippen LogP contribution in [-0.2, 0) is 4.79 Å². The molecule has 0 aliphatic carbocycles. The fraction of sp³-hybridized carbons (Fsp3) is 0.190. The molecule has 10 heteroatoms. The summed E-state index contributed by atoms with van der Waals surface area (Å²) < 4.78 is 5.92. The van der Waals surface area contributed by atoms with Crippen LogP contribution in [0.1, 0.15) is 18.4 Å². The zero-order chi connectivity index (χ0) is 21.8. The van der Waals surface area contributed by atoms with Gasteiger partial charge in [-0.1, -0.05) is 47.4 Å². The van der Waals surface area contributed by atoms with E-state index in [0.29, 0.717) is 21.0 Å². The lowest BCUT2D eigenvalue weighted by Crippen LogP contribution is -2.38. The molecule has 0 fully saturated rings. The number of nitrogens with two attached hydrogens (primary N) is 1. The van der Waals surface area contributed by atoms with Crippen molar-refractivity contribution in [3.05, 3.63) is 54.1 Å². The first kappa shape index (κ1) is 21.0. The summed E-state index contributed by atoms with van der Waals surface area (Å²) in [5.74, 6) is 0.956. The monoisotopic (exact) mass is 452 g/mol. The van der Waals surface area contributed by atoms with Crippen LogP contribution in [0.2, 0.25) is 0 Å². The highest BCUT2D eigenvalue weighted by Gasteiger charge is 2.26. The van der Waals surface area contributed by atoms with Crippen LogP contribution in [0.3, 0.4) is 0 Å². The first-order chi connectivity index (χ1) is 15.0. The van der Waals surface area contributed by atoms with E-state index in [1.54, 1.807) is 7.11 Å². The van der Waals surface area contributed by atoms with Gasteiger partial charge in [0, 0.05) is 5.71 Å². The van der Waals surface area contributed by atoms with Crippen LogP contribution in [0, 0.1) is 0 Å². The molecule has 1 atom stereocenters. The topological polar surface area (TPSA) is 115 Å². The van der Waals surface area contributed by atoms with Crippen LogP contribution in [0.4, 0.5) is 16.5 Å². The van der Waals surface area contributed by atoms with Gasteiger partial charge in [0.1, 0.15) is 11.6 Å². The first-order valence-corrected chi connectivity index (χ1v) is 11.2. The second kappa shape index (κ2) is 9.27. The van der Waals surface area contributed by atoms with E-state index in [9.17, 15) is 4.79 Å². The zero-order valence-electron chi connectivity index (χ0n) is 16.9. The molecule has 0 saturated carbocycles. The molecule has 4 rings (SSSR count). The molecule has 1 aliphatic rings. The molecular weight excluding hydrogens is 432 g/mol. The number of ether oxygens (including phenoxy) is 1. The van der Waals surface area contributed by atoms with E-state index in [4.69, 9.17) is 20.5 Å². The molecule has 0 saturated heterocycles. The number of amides is 1. The van der Waals surface area contributed by atoms with Crippen LogP contribution in [-0.4, -0.2) is 40.5 Å². The quantitative estimate of drug-likeness (QED) is 0.566. The fourth-order valence-electron chi connectivity index (χ4n) is 3.18. The number of thioether (sulfide) groups is 1. The van der Waals surface area contributed by atoms with Crippen molar-refractivity contribution >= 4 is 57.1 Å². The third-order valence-electron chi connectivity index (χ3n) is 4.58. The van der Waals surface area contributed by atoms with E-state index in [0.717, 1.165) is 22.7 Å². The largest absolute Gasteiger partial charge is 0.497 e. The van der Waals surface area contributed by atoms with E-state index in [1.165, 1.54) is 23.1 Å². The van der Waals surface area contributed by atoms with Gasteiger partial charge in [0.25, 0.3) is 0 Å². The van der Waals surface area contributed by atoms with Crippen molar-refractivity contribution in [2.45, 2.75) is 17.2 Å². The number of fused-ring (bicyclic) bond motifs is 1. The van der Waals surface area contributed by atoms with E-state index < -0.39 is 0 Å². The maximum absolute atomic E-state index is 12.8. The lowest BCUT2D eigenvalue weighted by atomic mass is 9.93. The van der Waals surface area contributed by atoms with Crippen molar-refractivity contribution in [3.8, 4) is 5.75 Å².